The summed E-state index contributed by atoms with van der Waals surface area (Å²) in [6, 6.07) is 30.2. The minimum absolute atomic E-state index is 0.645. The predicted molar refractivity (Wildman–Crippen MR) is 127 cm³/mol. The number of aryl methyl sites for hydroxylation is 1. The molecule has 28 heavy (non-hydrogen) atoms. The Morgan fingerprint density at radius 1 is 0.536 bits per heavy atom. The summed E-state index contributed by atoms with van der Waals surface area (Å²) in [6.07, 6.45) is 0.802. The van der Waals surface area contributed by atoms with Crippen LogP contribution in [0.2, 0.25) is 6.04 Å². The second-order valence-corrected chi connectivity index (χ2v) is 16.2. The Hall–Kier alpha value is -1.77. The number of hydrogen-bond donors (Lipinski definition) is 0. The molecule has 0 amide bonds. The van der Waals surface area contributed by atoms with Crippen molar-refractivity contribution in [1.82, 2.24) is 0 Å². The number of hydrogen-bond acceptors (Lipinski definition) is 0. The van der Waals surface area contributed by atoms with E-state index in [0.29, 0.717) is 6.04 Å². The van der Waals surface area contributed by atoms with Crippen molar-refractivity contribution >= 4 is 50.0 Å². The highest BCUT2D eigenvalue weighted by atomic mass is 35.8. The molecule has 0 aromatic heterocycles. The van der Waals surface area contributed by atoms with E-state index in [9.17, 15) is 0 Å². The molecule has 0 unspecified atom stereocenters. The average Bonchev–Trinajstić information content (AvgIpc) is 2.72. The third-order valence-corrected chi connectivity index (χ3v) is 7.49. The van der Waals surface area contributed by atoms with Crippen LogP contribution in [0.25, 0.3) is 33.0 Å². The quantitative estimate of drug-likeness (QED) is 0.215. The van der Waals surface area contributed by atoms with Gasteiger partial charge in [-0.15, -0.1) is 33.2 Å². The van der Waals surface area contributed by atoms with Gasteiger partial charge in [0, 0.05) is 0 Å². The monoisotopic (exact) mass is 440 g/mol. The molecule has 0 nitrogen and oxygen atoms in total. The lowest BCUT2D eigenvalue weighted by molar-refractivity contribution is 1.13. The Morgan fingerprint density at radius 2 is 1.04 bits per heavy atom. The number of rotatable bonds is 5. The van der Waals surface area contributed by atoms with Crippen molar-refractivity contribution in [2.75, 3.05) is 0 Å². The minimum Gasteiger partial charge on any atom is -0.126 e. The van der Waals surface area contributed by atoms with Crippen molar-refractivity contribution in [3.8, 4) is 22.3 Å². The molecular formula is C24H19Cl3Si. The molecule has 0 fully saturated rings. The first-order valence-corrected chi connectivity index (χ1v) is 14.5. The maximum Gasteiger partial charge on any atom is 0.341 e. The average molecular weight is 442 g/mol. The van der Waals surface area contributed by atoms with Gasteiger partial charge in [0.15, 0.2) is 0 Å². The first-order valence-electron chi connectivity index (χ1n) is 9.24. The topological polar surface area (TPSA) is 0 Å². The molecule has 0 N–H and O–H groups in total. The molecule has 0 saturated carbocycles. The zero-order valence-electron chi connectivity index (χ0n) is 15.2. The summed E-state index contributed by atoms with van der Waals surface area (Å²) in [5.41, 5.74) is 6.12. The third-order valence-electron chi connectivity index (χ3n) is 4.97. The number of halogens is 3. The Bertz CT molecular complexity index is 1080. The van der Waals surface area contributed by atoms with Gasteiger partial charge in [-0.25, -0.2) is 0 Å². The molecule has 0 spiro atoms. The lowest BCUT2D eigenvalue weighted by atomic mass is 9.92. The highest BCUT2D eigenvalue weighted by Gasteiger charge is 2.24. The molecule has 0 aliphatic carbocycles. The van der Waals surface area contributed by atoms with Crippen molar-refractivity contribution < 1.29 is 0 Å². The molecule has 0 heterocycles. The van der Waals surface area contributed by atoms with Crippen LogP contribution in [0.5, 0.6) is 0 Å². The SMILES string of the molecule is Cl[Si](Cl)(Cl)CCc1ccc(-c2ccc(-c3ccccc3)c3ccccc23)cc1. The van der Waals surface area contributed by atoms with Crippen LogP contribution in [0.15, 0.2) is 91.0 Å². The van der Waals surface area contributed by atoms with E-state index < -0.39 is 6.00 Å². The fourth-order valence-corrected chi connectivity index (χ4v) is 4.98. The smallest absolute Gasteiger partial charge is 0.126 e. The van der Waals surface area contributed by atoms with E-state index in [2.05, 4.69) is 84.9 Å². The van der Waals surface area contributed by atoms with Gasteiger partial charge in [0.05, 0.1) is 0 Å². The largest absolute Gasteiger partial charge is 0.341 e. The summed E-state index contributed by atoms with van der Waals surface area (Å²) in [6.45, 7) is 0. The Kier molecular flexibility index (Phi) is 5.79. The molecule has 4 aromatic rings. The first kappa shape index (κ1) is 19.5. The van der Waals surface area contributed by atoms with Crippen molar-refractivity contribution in [2.45, 2.75) is 12.5 Å². The zero-order chi connectivity index (χ0) is 19.6. The van der Waals surface area contributed by atoms with Gasteiger partial charge in [-0.3, -0.25) is 0 Å². The van der Waals surface area contributed by atoms with Crippen LogP contribution in [0.4, 0.5) is 0 Å². The standard InChI is InChI=1S/C24H19Cl3Si/c25-28(26,27)17-16-18-10-12-20(13-11-18)22-15-14-21(19-6-2-1-3-7-19)23-8-4-5-9-24(22)23/h1-15H,16-17H2. The van der Waals surface area contributed by atoms with Crippen molar-refractivity contribution in [3.05, 3.63) is 96.6 Å². The highest BCUT2D eigenvalue weighted by molar-refractivity contribution is 7.64. The van der Waals surface area contributed by atoms with E-state index in [-0.39, 0.29) is 0 Å². The van der Waals surface area contributed by atoms with Crippen LogP contribution in [-0.2, 0) is 6.42 Å². The van der Waals surface area contributed by atoms with Gasteiger partial charge < -0.3 is 0 Å². The summed E-state index contributed by atoms with van der Waals surface area (Å²) in [5.74, 6) is 0. The highest BCUT2D eigenvalue weighted by Crippen LogP contribution is 2.36. The Morgan fingerprint density at radius 3 is 1.57 bits per heavy atom. The number of fused-ring (bicyclic) bond motifs is 1. The Balaban J connectivity index is 1.72. The van der Waals surface area contributed by atoms with Gasteiger partial charge in [0.25, 0.3) is 0 Å². The molecule has 0 bridgehead atoms. The van der Waals surface area contributed by atoms with Crippen LogP contribution in [0.3, 0.4) is 0 Å². The predicted octanol–water partition coefficient (Wildman–Crippen LogP) is 8.37. The van der Waals surface area contributed by atoms with Crippen molar-refractivity contribution in [2.24, 2.45) is 0 Å². The number of benzene rings is 4. The minimum atomic E-state index is -2.58. The molecule has 4 rings (SSSR count). The fourth-order valence-electron chi connectivity index (χ4n) is 3.56. The molecule has 4 heteroatoms. The molecule has 0 radical (unpaired) electrons. The Labute approximate surface area is 180 Å². The summed E-state index contributed by atoms with van der Waals surface area (Å²) in [7, 11) is 0. The molecule has 0 atom stereocenters. The van der Waals surface area contributed by atoms with Gasteiger partial charge in [0.2, 0.25) is 0 Å². The normalized spacial score (nSPS) is 11.7. The van der Waals surface area contributed by atoms with E-state index in [1.54, 1.807) is 0 Å². The molecule has 0 saturated heterocycles. The molecule has 4 aromatic carbocycles. The molecule has 140 valence electrons. The van der Waals surface area contributed by atoms with Crippen LogP contribution in [-0.4, -0.2) is 6.00 Å². The third kappa shape index (κ3) is 4.44. The van der Waals surface area contributed by atoms with Crippen LogP contribution >= 0.6 is 33.2 Å². The summed E-state index contributed by atoms with van der Waals surface area (Å²) < 4.78 is 0. The van der Waals surface area contributed by atoms with Crippen LogP contribution in [0.1, 0.15) is 5.56 Å². The van der Waals surface area contributed by atoms with E-state index in [4.69, 9.17) is 33.2 Å². The van der Waals surface area contributed by atoms with Gasteiger partial charge in [0.1, 0.15) is 0 Å². The van der Waals surface area contributed by atoms with Crippen LogP contribution in [0, 0.1) is 0 Å². The maximum atomic E-state index is 6.01. The van der Waals surface area contributed by atoms with Crippen molar-refractivity contribution in [3.63, 3.8) is 0 Å². The van der Waals surface area contributed by atoms with Gasteiger partial charge in [-0.2, -0.15) is 0 Å². The fraction of sp³-hybridized carbons (Fsp3) is 0.0833. The van der Waals surface area contributed by atoms with Crippen LogP contribution < -0.4 is 0 Å². The lowest BCUT2D eigenvalue weighted by Gasteiger charge is -2.13. The summed E-state index contributed by atoms with van der Waals surface area (Å²) in [4.78, 5) is 0. The second kappa shape index (κ2) is 8.30. The summed E-state index contributed by atoms with van der Waals surface area (Å²) >= 11 is 18.0. The van der Waals surface area contributed by atoms with E-state index >= 15 is 0 Å². The molecule has 0 aliphatic heterocycles. The first-order chi connectivity index (χ1) is 13.5. The van der Waals surface area contributed by atoms with Gasteiger partial charge >= 0.3 is 6.00 Å². The van der Waals surface area contributed by atoms with Gasteiger partial charge in [-0.1, -0.05) is 91.0 Å². The zero-order valence-corrected chi connectivity index (χ0v) is 18.5. The van der Waals surface area contributed by atoms with E-state index in [1.807, 2.05) is 6.07 Å². The maximum absolute atomic E-state index is 6.01. The molecule has 0 aliphatic rings. The van der Waals surface area contributed by atoms with Crippen molar-refractivity contribution in [1.29, 1.82) is 0 Å². The van der Waals surface area contributed by atoms with E-state index in [0.717, 1.165) is 6.42 Å². The van der Waals surface area contributed by atoms with Gasteiger partial charge in [-0.05, 0) is 51.1 Å². The molecular weight excluding hydrogens is 423 g/mol. The van der Waals surface area contributed by atoms with E-state index in [1.165, 1.54) is 38.6 Å². The second-order valence-electron chi connectivity index (χ2n) is 6.88. The summed E-state index contributed by atoms with van der Waals surface area (Å²) in [5, 5.41) is 2.52. The lowest BCUT2D eigenvalue weighted by Crippen LogP contribution is -2.09.